The summed E-state index contributed by atoms with van der Waals surface area (Å²) >= 11 is 0. The van der Waals surface area contributed by atoms with Gasteiger partial charge in [0.2, 0.25) is 0 Å². The van der Waals surface area contributed by atoms with Gasteiger partial charge in [0.15, 0.2) is 0 Å². The van der Waals surface area contributed by atoms with Crippen LogP contribution in [0.4, 0.5) is 0 Å². The topological polar surface area (TPSA) is 21.3 Å². The van der Waals surface area contributed by atoms with Crippen LogP contribution in [0.15, 0.2) is 30.3 Å². The largest absolute Gasteiger partial charge is 0.366 e. The maximum absolute atomic E-state index is 6.19. The van der Waals surface area contributed by atoms with Crippen LogP contribution < -0.4 is 5.32 Å². The van der Waals surface area contributed by atoms with Crippen LogP contribution in [-0.2, 0) is 10.3 Å². The van der Waals surface area contributed by atoms with Crippen LogP contribution in [0.1, 0.15) is 32.8 Å². The second kappa shape index (κ2) is 4.56. The average Bonchev–Trinajstić information content (AvgIpc) is 2.40. The zero-order valence-electron chi connectivity index (χ0n) is 10.4. The third-order valence-electron chi connectivity index (χ3n) is 3.32. The van der Waals surface area contributed by atoms with E-state index in [1.165, 1.54) is 5.56 Å². The van der Waals surface area contributed by atoms with E-state index in [9.17, 15) is 0 Å². The van der Waals surface area contributed by atoms with E-state index in [1.807, 2.05) is 6.07 Å². The highest BCUT2D eigenvalue weighted by Gasteiger charge is 2.32. The molecule has 1 heterocycles. The van der Waals surface area contributed by atoms with Crippen LogP contribution in [0, 0.1) is 0 Å². The van der Waals surface area contributed by atoms with Crippen molar-refractivity contribution in [3.8, 4) is 0 Å². The monoisotopic (exact) mass is 219 g/mol. The minimum Gasteiger partial charge on any atom is -0.366 e. The molecule has 16 heavy (non-hydrogen) atoms. The Kier molecular flexibility index (Phi) is 3.31. The first kappa shape index (κ1) is 11.6. The third kappa shape index (κ3) is 2.45. The van der Waals surface area contributed by atoms with Crippen molar-refractivity contribution in [2.45, 2.75) is 44.9 Å². The standard InChI is InChI=1S/C14H21NO/c1-11-9-12(2)16-14(3,10-15-11)13-7-5-4-6-8-13/h4-8,11-12,15H,9-10H2,1-3H3. The molecule has 2 nitrogen and oxygen atoms in total. The van der Waals surface area contributed by atoms with E-state index in [-0.39, 0.29) is 5.60 Å². The molecule has 0 bridgehead atoms. The fourth-order valence-corrected chi connectivity index (χ4v) is 2.44. The predicted octanol–water partition coefficient (Wildman–Crippen LogP) is 2.69. The van der Waals surface area contributed by atoms with E-state index in [1.54, 1.807) is 0 Å². The molecule has 1 saturated heterocycles. The molecule has 1 aromatic rings. The fourth-order valence-electron chi connectivity index (χ4n) is 2.44. The highest BCUT2D eigenvalue weighted by molar-refractivity contribution is 5.22. The van der Waals surface area contributed by atoms with Gasteiger partial charge in [-0.2, -0.15) is 0 Å². The van der Waals surface area contributed by atoms with Crippen molar-refractivity contribution in [2.75, 3.05) is 6.54 Å². The first-order valence-corrected chi connectivity index (χ1v) is 6.07. The van der Waals surface area contributed by atoms with Crippen molar-refractivity contribution in [3.05, 3.63) is 35.9 Å². The van der Waals surface area contributed by atoms with Gasteiger partial charge < -0.3 is 10.1 Å². The normalized spacial score (nSPS) is 35.7. The maximum Gasteiger partial charge on any atom is 0.103 e. The second-order valence-electron chi connectivity index (χ2n) is 5.04. The molecule has 0 spiro atoms. The minimum atomic E-state index is -0.203. The number of benzene rings is 1. The van der Waals surface area contributed by atoms with Crippen LogP contribution in [0.2, 0.25) is 0 Å². The summed E-state index contributed by atoms with van der Waals surface area (Å²) in [5, 5.41) is 3.54. The van der Waals surface area contributed by atoms with Gasteiger partial charge in [-0.15, -0.1) is 0 Å². The fraction of sp³-hybridized carbons (Fsp3) is 0.571. The molecule has 88 valence electrons. The van der Waals surface area contributed by atoms with E-state index >= 15 is 0 Å². The Hall–Kier alpha value is -0.860. The number of hydrogen-bond acceptors (Lipinski definition) is 2. The van der Waals surface area contributed by atoms with E-state index in [0.717, 1.165) is 13.0 Å². The molecule has 0 radical (unpaired) electrons. The molecular weight excluding hydrogens is 198 g/mol. The Bertz CT molecular complexity index is 338. The Morgan fingerprint density at radius 3 is 2.62 bits per heavy atom. The van der Waals surface area contributed by atoms with Crippen molar-refractivity contribution in [1.82, 2.24) is 5.32 Å². The van der Waals surface area contributed by atoms with E-state index in [2.05, 4.69) is 50.4 Å². The van der Waals surface area contributed by atoms with Gasteiger partial charge in [-0.05, 0) is 32.8 Å². The second-order valence-corrected chi connectivity index (χ2v) is 5.04. The highest BCUT2D eigenvalue weighted by Crippen LogP contribution is 2.29. The van der Waals surface area contributed by atoms with Gasteiger partial charge in [0.25, 0.3) is 0 Å². The van der Waals surface area contributed by atoms with Crippen molar-refractivity contribution in [1.29, 1.82) is 0 Å². The van der Waals surface area contributed by atoms with Gasteiger partial charge in [-0.3, -0.25) is 0 Å². The van der Waals surface area contributed by atoms with Crippen LogP contribution in [0.3, 0.4) is 0 Å². The molecule has 2 rings (SSSR count). The maximum atomic E-state index is 6.19. The zero-order chi connectivity index (χ0) is 11.6. The summed E-state index contributed by atoms with van der Waals surface area (Å²) in [7, 11) is 0. The quantitative estimate of drug-likeness (QED) is 0.784. The molecule has 0 amide bonds. The summed E-state index contributed by atoms with van der Waals surface area (Å²) < 4.78 is 6.19. The van der Waals surface area contributed by atoms with Crippen LogP contribution in [0.25, 0.3) is 0 Å². The first-order valence-electron chi connectivity index (χ1n) is 6.07. The molecule has 1 aliphatic heterocycles. The van der Waals surface area contributed by atoms with Crippen molar-refractivity contribution in [3.63, 3.8) is 0 Å². The van der Waals surface area contributed by atoms with E-state index in [4.69, 9.17) is 4.74 Å². The van der Waals surface area contributed by atoms with Crippen LogP contribution in [-0.4, -0.2) is 18.7 Å². The summed E-state index contributed by atoms with van der Waals surface area (Å²) in [6.07, 6.45) is 1.37. The summed E-state index contributed by atoms with van der Waals surface area (Å²) in [6, 6.07) is 11.0. The number of hydrogen-bond donors (Lipinski definition) is 1. The average molecular weight is 219 g/mol. The Labute approximate surface area is 98.0 Å². The SMILES string of the molecule is CC1CC(C)OC(C)(c2ccccc2)CN1. The number of rotatable bonds is 1. The molecule has 1 N–H and O–H groups in total. The van der Waals surface area contributed by atoms with Gasteiger partial charge in [0.1, 0.15) is 5.60 Å². The van der Waals surface area contributed by atoms with Crippen molar-refractivity contribution in [2.24, 2.45) is 0 Å². The van der Waals surface area contributed by atoms with Crippen LogP contribution >= 0.6 is 0 Å². The van der Waals surface area contributed by atoms with Crippen molar-refractivity contribution < 1.29 is 4.74 Å². The highest BCUT2D eigenvalue weighted by atomic mass is 16.5. The molecule has 0 aliphatic carbocycles. The Morgan fingerprint density at radius 2 is 1.94 bits per heavy atom. The van der Waals surface area contributed by atoms with E-state index in [0.29, 0.717) is 12.1 Å². The first-order chi connectivity index (χ1) is 7.60. The lowest BCUT2D eigenvalue weighted by Gasteiger charge is -2.31. The minimum absolute atomic E-state index is 0.203. The zero-order valence-corrected chi connectivity index (χ0v) is 10.4. The van der Waals surface area contributed by atoms with Gasteiger partial charge >= 0.3 is 0 Å². The number of nitrogens with one attached hydrogen (secondary N) is 1. The smallest absolute Gasteiger partial charge is 0.103 e. The summed E-state index contributed by atoms with van der Waals surface area (Å²) in [4.78, 5) is 0. The molecule has 2 heteroatoms. The summed E-state index contributed by atoms with van der Waals surface area (Å²) in [6.45, 7) is 7.42. The Morgan fingerprint density at radius 1 is 1.25 bits per heavy atom. The van der Waals surface area contributed by atoms with Gasteiger partial charge in [-0.25, -0.2) is 0 Å². The molecule has 1 aliphatic rings. The lowest BCUT2D eigenvalue weighted by molar-refractivity contribution is -0.0689. The summed E-state index contributed by atoms with van der Waals surface area (Å²) in [5.74, 6) is 0. The molecule has 0 aromatic heterocycles. The third-order valence-corrected chi connectivity index (χ3v) is 3.32. The molecule has 3 atom stereocenters. The number of ether oxygens (including phenoxy) is 1. The van der Waals surface area contributed by atoms with E-state index < -0.39 is 0 Å². The van der Waals surface area contributed by atoms with Gasteiger partial charge in [0, 0.05) is 12.6 Å². The molecular formula is C14H21NO. The molecule has 1 fully saturated rings. The molecule has 3 unspecified atom stereocenters. The van der Waals surface area contributed by atoms with Crippen LogP contribution in [0.5, 0.6) is 0 Å². The summed E-state index contributed by atoms with van der Waals surface area (Å²) in [5.41, 5.74) is 1.05. The molecule has 0 saturated carbocycles. The van der Waals surface area contributed by atoms with Crippen molar-refractivity contribution >= 4 is 0 Å². The predicted molar refractivity (Wildman–Crippen MR) is 66.4 cm³/mol. The lowest BCUT2D eigenvalue weighted by atomic mass is 9.95. The molecule has 1 aromatic carbocycles. The van der Waals surface area contributed by atoms with Gasteiger partial charge in [0.05, 0.1) is 6.10 Å². The van der Waals surface area contributed by atoms with Gasteiger partial charge in [-0.1, -0.05) is 30.3 Å². The Balaban J connectivity index is 2.23. The lowest BCUT2D eigenvalue weighted by Crippen LogP contribution is -2.38.